The van der Waals surface area contributed by atoms with Crippen LogP contribution in [0.2, 0.25) is 5.02 Å². The summed E-state index contributed by atoms with van der Waals surface area (Å²) in [6, 6.07) is 7.19. The summed E-state index contributed by atoms with van der Waals surface area (Å²) in [5.74, 6) is -1.99. The smallest absolute Gasteiger partial charge is 0.343 e. The van der Waals surface area contributed by atoms with Crippen LogP contribution in [-0.4, -0.2) is 40.8 Å². The first-order valence-corrected chi connectivity index (χ1v) is 7.80. The van der Waals surface area contributed by atoms with E-state index < -0.39 is 17.6 Å². The number of aliphatic carboxylic acids is 1. The second kappa shape index (κ2) is 5.58. The molecule has 2 fully saturated rings. The molecule has 3 nitrogen and oxygen atoms in total. The van der Waals surface area contributed by atoms with E-state index in [-0.39, 0.29) is 6.54 Å². The molecule has 0 unspecified atom stereocenters. The van der Waals surface area contributed by atoms with Gasteiger partial charge in [-0.25, -0.2) is 9.18 Å². The highest BCUT2D eigenvalue weighted by atomic mass is 35.5. The van der Waals surface area contributed by atoms with E-state index in [9.17, 15) is 9.90 Å². The van der Waals surface area contributed by atoms with Crippen molar-refractivity contribution in [3.05, 3.63) is 34.9 Å². The van der Waals surface area contributed by atoms with Gasteiger partial charge in [0.05, 0.1) is 0 Å². The van der Waals surface area contributed by atoms with Crippen molar-refractivity contribution >= 4 is 17.6 Å². The predicted molar refractivity (Wildman–Crippen MR) is 79.5 cm³/mol. The highest BCUT2D eigenvalue weighted by Crippen LogP contribution is 2.42. The van der Waals surface area contributed by atoms with E-state index in [1.165, 1.54) is 0 Å². The Hall–Kier alpha value is -1.13. The van der Waals surface area contributed by atoms with Crippen molar-refractivity contribution in [1.29, 1.82) is 0 Å². The molecule has 2 aliphatic rings. The van der Waals surface area contributed by atoms with Gasteiger partial charge in [0.2, 0.25) is 5.67 Å². The van der Waals surface area contributed by atoms with Gasteiger partial charge in [-0.05, 0) is 30.5 Å². The minimum atomic E-state index is -2.21. The number of carboxylic acid groups (broad SMARTS) is 1. The summed E-state index contributed by atoms with van der Waals surface area (Å²) in [4.78, 5) is 13.5. The zero-order valence-corrected chi connectivity index (χ0v) is 12.5. The Kier molecular flexibility index (Phi) is 3.93. The summed E-state index contributed by atoms with van der Waals surface area (Å²) < 4.78 is 15.1. The van der Waals surface area contributed by atoms with Gasteiger partial charge in [-0.3, -0.25) is 4.90 Å². The number of likely N-dealkylation sites (tertiary alicyclic amines) is 1. The van der Waals surface area contributed by atoms with E-state index in [4.69, 9.17) is 11.6 Å². The molecule has 0 aromatic heterocycles. The number of alkyl halides is 1. The average Bonchev–Trinajstić information content (AvgIpc) is 3.08. The fourth-order valence-corrected chi connectivity index (χ4v) is 3.80. The molecule has 1 N–H and O–H groups in total. The van der Waals surface area contributed by atoms with Crippen molar-refractivity contribution < 1.29 is 14.3 Å². The van der Waals surface area contributed by atoms with Gasteiger partial charge in [0.1, 0.15) is 0 Å². The van der Waals surface area contributed by atoms with E-state index >= 15 is 4.39 Å². The monoisotopic (exact) mass is 311 g/mol. The second-order valence-corrected chi connectivity index (χ2v) is 6.58. The van der Waals surface area contributed by atoms with Gasteiger partial charge in [0, 0.05) is 30.1 Å². The highest BCUT2D eigenvalue weighted by Gasteiger charge is 2.55. The summed E-state index contributed by atoms with van der Waals surface area (Å²) in [5, 5.41) is 9.97. The van der Waals surface area contributed by atoms with E-state index in [1.54, 1.807) is 24.3 Å². The van der Waals surface area contributed by atoms with Gasteiger partial charge in [-0.15, -0.1) is 0 Å². The number of hydrogen-bond acceptors (Lipinski definition) is 2. The fraction of sp³-hybridized carbons (Fsp3) is 0.562. The molecule has 5 heteroatoms. The molecule has 1 saturated heterocycles. The largest absolute Gasteiger partial charge is 0.479 e. The van der Waals surface area contributed by atoms with E-state index in [1.807, 2.05) is 4.90 Å². The molecule has 114 valence electrons. The number of carbonyl (C=O) groups is 1. The third-order valence-electron chi connectivity index (χ3n) is 4.87. The van der Waals surface area contributed by atoms with Crippen molar-refractivity contribution in [1.82, 2.24) is 4.90 Å². The van der Waals surface area contributed by atoms with Crippen LogP contribution in [0.25, 0.3) is 0 Å². The van der Waals surface area contributed by atoms with Crippen molar-refractivity contribution in [2.75, 3.05) is 13.1 Å². The van der Waals surface area contributed by atoms with Crippen LogP contribution in [0.5, 0.6) is 0 Å². The van der Waals surface area contributed by atoms with Crippen LogP contribution in [0, 0.1) is 0 Å². The number of nitrogens with zero attached hydrogens (tertiary/aromatic N) is 1. The first-order chi connectivity index (χ1) is 10.0. The summed E-state index contributed by atoms with van der Waals surface area (Å²) in [6.07, 6.45) is 4.39. The lowest BCUT2D eigenvalue weighted by molar-refractivity contribution is -0.151. The topological polar surface area (TPSA) is 40.5 Å². The quantitative estimate of drug-likeness (QED) is 0.929. The zero-order valence-electron chi connectivity index (χ0n) is 11.8. The Morgan fingerprint density at radius 2 is 1.90 bits per heavy atom. The van der Waals surface area contributed by atoms with E-state index in [0.29, 0.717) is 23.2 Å². The number of halogens is 2. The van der Waals surface area contributed by atoms with Gasteiger partial charge in [-0.1, -0.05) is 36.6 Å². The molecule has 1 aliphatic heterocycles. The molecule has 3 rings (SSSR count). The van der Waals surface area contributed by atoms with Gasteiger partial charge < -0.3 is 5.11 Å². The van der Waals surface area contributed by atoms with Crippen LogP contribution in [0.4, 0.5) is 4.39 Å². The zero-order chi connectivity index (χ0) is 15.0. The fourth-order valence-electron chi connectivity index (χ4n) is 3.68. The van der Waals surface area contributed by atoms with Gasteiger partial charge >= 0.3 is 5.97 Å². The molecule has 0 amide bonds. The standard InChI is InChI=1S/C16H19ClFNO2/c17-12-7-5-11(6-8-12)14-9-19(13-3-1-2-4-13)10-16(14,18)15(20)21/h5-8,13-14H,1-4,9-10H2,(H,20,21)/t14-,16-/m0/s1. The Morgan fingerprint density at radius 1 is 1.29 bits per heavy atom. The predicted octanol–water partition coefficient (Wildman–Crippen LogP) is 3.47. The molecule has 0 radical (unpaired) electrons. The van der Waals surface area contributed by atoms with Gasteiger partial charge in [0.15, 0.2) is 0 Å². The molecule has 1 aliphatic carbocycles. The Morgan fingerprint density at radius 3 is 2.48 bits per heavy atom. The number of hydrogen-bond donors (Lipinski definition) is 1. The second-order valence-electron chi connectivity index (χ2n) is 6.14. The Balaban J connectivity index is 1.88. The average molecular weight is 312 g/mol. The van der Waals surface area contributed by atoms with Crippen molar-refractivity contribution in [3.63, 3.8) is 0 Å². The molecule has 21 heavy (non-hydrogen) atoms. The molecule has 2 atom stereocenters. The summed E-state index contributed by atoms with van der Waals surface area (Å²) in [6.45, 7) is 0.454. The lowest BCUT2D eigenvalue weighted by atomic mass is 9.86. The lowest BCUT2D eigenvalue weighted by Crippen LogP contribution is -2.42. The lowest BCUT2D eigenvalue weighted by Gasteiger charge is -2.23. The van der Waals surface area contributed by atoms with Crippen molar-refractivity contribution in [2.45, 2.75) is 43.3 Å². The third-order valence-corrected chi connectivity index (χ3v) is 5.12. The summed E-state index contributed by atoms with van der Waals surface area (Å²) >= 11 is 5.86. The molecule has 1 heterocycles. The molecule has 0 spiro atoms. The maximum absolute atomic E-state index is 15.1. The first-order valence-electron chi connectivity index (χ1n) is 7.42. The van der Waals surface area contributed by atoms with Crippen LogP contribution in [0.1, 0.15) is 37.2 Å². The maximum Gasteiger partial charge on any atom is 0.343 e. The van der Waals surface area contributed by atoms with Crippen LogP contribution >= 0.6 is 11.6 Å². The molecular weight excluding hydrogens is 293 g/mol. The Bertz CT molecular complexity index is 530. The van der Waals surface area contributed by atoms with E-state index in [2.05, 4.69) is 0 Å². The van der Waals surface area contributed by atoms with Crippen molar-refractivity contribution in [2.24, 2.45) is 0 Å². The molecule has 1 aromatic rings. The van der Waals surface area contributed by atoms with Gasteiger partial charge in [0.25, 0.3) is 0 Å². The minimum absolute atomic E-state index is 0.0136. The van der Waals surface area contributed by atoms with Crippen molar-refractivity contribution in [3.8, 4) is 0 Å². The van der Waals surface area contributed by atoms with Crippen LogP contribution in [-0.2, 0) is 4.79 Å². The number of rotatable bonds is 3. The summed E-state index contributed by atoms with van der Waals surface area (Å²) in [7, 11) is 0. The molecular formula is C16H19ClFNO2. The Labute approximate surface area is 128 Å². The van der Waals surface area contributed by atoms with Crippen LogP contribution < -0.4 is 0 Å². The SMILES string of the molecule is O=C(O)[C@]1(F)CN(C2CCCC2)C[C@H]1c1ccc(Cl)cc1. The minimum Gasteiger partial charge on any atom is -0.479 e. The molecule has 1 aromatic carbocycles. The van der Waals surface area contributed by atoms with Crippen LogP contribution in [0.15, 0.2) is 24.3 Å². The normalized spacial score (nSPS) is 30.9. The maximum atomic E-state index is 15.1. The first kappa shape index (κ1) is 14.8. The number of carboxylic acids is 1. The van der Waals surface area contributed by atoms with Gasteiger partial charge in [-0.2, -0.15) is 0 Å². The molecule has 0 bridgehead atoms. The summed E-state index contributed by atoms with van der Waals surface area (Å²) in [5.41, 5.74) is -1.50. The third kappa shape index (κ3) is 2.67. The molecule has 1 saturated carbocycles. The highest BCUT2D eigenvalue weighted by molar-refractivity contribution is 6.30. The number of benzene rings is 1. The van der Waals surface area contributed by atoms with E-state index in [0.717, 1.165) is 25.7 Å². The van der Waals surface area contributed by atoms with Crippen LogP contribution in [0.3, 0.4) is 0 Å².